The summed E-state index contributed by atoms with van der Waals surface area (Å²) in [5.41, 5.74) is 8.89. The smallest absolute Gasteiger partial charge is 0.218 e. The Morgan fingerprint density at radius 2 is 2.00 bits per heavy atom. The lowest BCUT2D eigenvalue weighted by atomic mass is 10.0. The molecular formula is C18H19N3OS2. The number of hydrogen-bond donors (Lipinski definition) is 1. The summed E-state index contributed by atoms with van der Waals surface area (Å²) >= 11 is 3.20. The fourth-order valence-electron chi connectivity index (χ4n) is 2.50. The van der Waals surface area contributed by atoms with E-state index >= 15 is 0 Å². The first-order chi connectivity index (χ1) is 11.6. The summed E-state index contributed by atoms with van der Waals surface area (Å²) in [6.07, 6.45) is 1.38. The first-order valence-corrected chi connectivity index (χ1v) is 9.71. The van der Waals surface area contributed by atoms with Gasteiger partial charge in [0, 0.05) is 23.1 Å². The number of amides is 1. The number of benzene rings is 1. The average Bonchev–Trinajstić information content (AvgIpc) is 2.98. The van der Waals surface area contributed by atoms with Gasteiger partial charge in [0.25, 0.3) is 0 Å². The van der Waals surface area contributed by atoms with Crippen LogP contribution in [0.5, 0.6) is 0 Å². The lowest BCUT2D eigenvalue weighted by Gasteiger charge is -2.07. The molecule has 0 radical (unpaired) electrons. The Balaban J connectivity index is 2.03. The molecular weight excluding hydrogens is 338 g/mol. The highest BCUT2D eigenvalue weighted by Gasteiger charge is 2.15. The number of thioether (sulfide) groups is 1. The highest BCUT2D eigenvalue weighted by Crippen LogP contribution is 2.38. The van der Waals surface area contributed by atoms with E-state index < -0.39 is 0 Å². The van der Waals surface area contributed by atoms with Crippen molar-refractivity contribution in [2.45, 2.75) is 31.7 Å². The van der Waals surface area contributed by atoms with Crippen LogP contribution in [0.1, 0.15) is 24.7 Å². The van der Waals surface area contributed by atoms with Gasteiger partial charge in [-0.25, -0.2) is 9.97 Å². The van der Waals surface area contributed by atoms with Gasteiger partial charge in [-0.15, -0.1) is 23.1 Å². The van der Waals surface area contributed by atoms with E-state index in [-0.39, 0.29) is 5.91 Å². The maximum absolute atomic E-state index is 11.0. The number of rotatable bonds is 6. The van der Waals surface area contributed by atoms with Crippen LogP contribution in [0, 0.1) is 6.92 Å². The number of carbonyl (C=O) groups excluding carboxylic acids is 1. The van der Waals surface area contributed by atoms with Crippen molar-refractivity contribution in [3.05, 3.63) is 41.0 Å². The van der Waals surface area contributed by atoms with E-state index in [1.54, 1.807) is 23.1 Å². The number of primary amides is 1. The summed E-state index contributed by atoms with van der Waals surface area (Å²) < 4.78 is 0. The number of thiophene rings is 1. The van der Waals surface area contributed by atoms with Gasteiger partial charge in [0.1, 0.15) is 15.7 Å². The number of nitrogens with two attached hydrogens (primary N) is 1. The number of aryl methyl sites for hydroxylation is 2. The quantitative estimate of drug-likeness (QED) is 0.530. The maximum Gasteiger partial charge on any atom is 0.218 e. The molecule has 2 aromatic heterocycles. The Morgan fingerprint density at radius 3 is 2.67 bits per heavy atom. The molecule has 124 valence electrons. The molecule has 0 saturated carbocycles. The third-order valence-corrected chi connectivity index (χ3v) is 5.62. The number of aromatic nitrogens is 2. The number of nitrogens with zero attached hydrogens (tertiary/aromatic N) is 2. The predicted octanol–water partition coefficient (Wildman–Crippen LogP) is 4.20. The van der Waals surface area contributed by atoms with Crippen LogP contribution in [-0.2, 0) is 11.2 Å². The zero-order chi connectivity index (χ0) is 17.1. The zero-order valence-corrected chi connectivity index (χ0v) is 15.3. The third-order valence-electron chi connectivity index (χ3n) is 3.77. The summed E-state index contributed by atoms with van der Waals surface area (Å²) in [4.78, 5) is 21.1. The maximum atomic E-state index is 11.0. The Hall–Kier alpha value is -1.92. The second-order valence-electron chi connectivity index (χ2n) is 5.52. The van der Waals surface area contributed by atoms with Crippen LogP contribution in [0.15, 0.2) is 34.7 Å². The van der Waals surface area contributed by atoms with E-state index in [0.29, 0.717) is 12.2 Å². The normalized spacial score (nSPS) is 11.1. The van der Waals surface area contributed by atoms with Crippen LogP contribution < -0.4 is 5.73 Å². The minimum absolute atomic E-state index is 0.287. The van der Waals surface area contributed by atoms with Gasteiger partial charge in [0.05, 0.1) is 5.39 Å². The van der Waals surface area contributed by atoms with E-state index in [0.717, 1.165) is 33.1 Å². The van der Waals surface area contributed by atoms with Crippen LogP contribution in [0.2, 0.25) is 0 Å². The average molecular weight is 358 g/mol. The summed E-state index contributed by atoms with van der Waals surface area (Å²) in [5, 5.41) is 4.14. The first-order valence-electron chi connectivity index (χ1n) is 7.84. The highest BCUT2D eigenvalue weighted by atomic mass is 32.2. The van der Waals surface area contributed by atoms with Crippen LogP contribution in [-0.4, -0.2) is 21.6 Å². The standard InChI is InChI=1S/C18H19N3OS2/c1-3-12-4-6-13(7-5-12)14-10-24-18-16(14)17(20-11(2)21-18)23-9-8-15(19)22/h4-7,10H,3,8-9H2,1-2H3,(H2,19,22). The fraction of sp³-hybridized carbons (Fsp3) is 0.278. The van der Waals surface area contributed by atoms with E-state index in [4.69, 9.17) is 5.73 Å². The van der Waals surface area contributed by atoms with Crippen LogP contribution in [0.4, 0.5) is 0 Å². The van der Waals surface area contributed by atoms with Crippen molar-refractivity contribution in [3.8, 4) is 11.1 Å². The summed E-state index contributed by atoms with van der Waals surface area (Å²) in [6.45, 7) is 4.05. The summed E-state index contributed by atoms with van der Waals surface area (Å²) in [5.74, 6) is 1.09. The molecule has 0 aliphatic carbocycles. The Bertz CT molecular complexity index is 872. The molecule has 0 spiro atoms. The fourth-order valence-corrected chi connectivity index (χ4v) is 4.60. The van der Waals surface area contributed by atoms with Gasteiger partial charge in [0.2, 0.25) is 5.91 Å². The molecule has 6 heteroatoms. The SMILES string of the molecule is CCc1ccc(-c2csc3nc(C)nc(SCCC(N)=O)c23)cc1. The van der Waals surface area contributed by atoms with Gasteiger partial charge in [-0.3, -0.25) is 4.79 Å². The molecule has 1 amide bonds. The lowest BCUT2D eigenvalue weighted by molar-refractivity contribution is -0.117. The minimum Gasteiger partial charge on any atom is -0.370 e. The first kappa shape index (κ1) is 16.9. The monoisotopic (exact) mass is 357 g/mol. The predicted molar refractivity (Wildman–Crippen MR) is 102 cm³/mol. The zero-order valence-electron chi connectivity index (χ0n) is 13.7. The Kier molecular flexibility index (Phi) is 5.16. The lowest BCUT2D eigenvalue weighted by Crippen LogP contribution is -2.11. The van der Waals surface area contributed by atoms with E-state index in [9.17, 15) is 4.79 Å². The Labute approximate surface area is 149 Å². The van der Waals surface area contributed by atoms with Crippen molar-refractivity contribution in [1.29, 1.82) is 0 Å². The van der Waals surface area contributed by atoms with Crippen molar-refractivity contribution in [1.82, 2.24) is 9.97 Å². The van der Waals surface area contributed by atoms with Crippen molar-refractivity contribution < 1.29 is 4.79 Å². The molecule has 0 aliphatic heterocycles. The summed E-state index contributed by atoms with van der Waals surface area (Å²) in [7, 11) is 0. The van der Waals surface area contributed by atoms with Gasteiger partial charge >= 0.3 is 0 Å². The van der Waals surface area contributed by atoms with Crippen LogP contribution >= 0.6 is 23.1 Å². The second kappa shape index (κ2) is 7.32. The van der Waals surface area contributed by atoms with Crippen LogP contribution in [0.3, 0.4) is 0 Å². The molecule has 0 atom stereocenters. The minimum atomic E-state index is -0.287. The van der Waals surface area contributed by atoms with E-state index in [1.807, 2.05) is 6.92 Å². The van der Waals surface area contributed by atoms with Crippen LogP contribution in [0.25, 0.3) is 21.3 Å². The van der Waals surface area contributed by atoms with Gasteiger partial charge in [-0.1, -0.05) is 31.2 Å². The Morgan fingerprint density at radius 1 is 1.25 bits per heavy atom. The van der Waals surface area contributed by atoms with Crippen molar-refractivity contribution in [2.75, 3.05) is 5.75 Å². The third kappa shape index (κ3) is 3.60. The molecule has 0 saturated heterocycles. The molecule has 3 rings (SSSR count). The molecule has 2 heterocycles. The molecule has 24 heavy (non-hydrogen) atoms. The number of fused-ring (bicyclic) bond motifs is 1. The van der Waals surface area contributed by atoms with Crippen molar-refractivity contribution in [2.24, 2.45) is 5.73 Å². The van der Waals surface area contributed by atoms with Gasteiger partial charge in [-0.05, 0) is 24.5 Å². The molecule has 2 N–H and O–H groups in total. The van der Waals surface area contributed by atoms with Crippen molar-refractivity contribution >= 4 is 39.2 Å². The molecule has 1 aromatic carbocycles. The largest absolute Gasteiger partial charge is 0.370 e. The van der Waals surface area contributed by atoms with E-state index in [2.05, 4.69) is 46.5 Å². The second-order valence-corrected chi connectivity index (χ2v) is 7.46. The number of hydrogen-bond acceptors (Lipinski definition) is 5. The topological polar surface area (TPSA) is 68.9 Å². The number of carbonyl (C=O) groups is 1. The summed E-state index contributed by atoms with van der Waals surface area (Å²) in [6, 6.07) is 8.62. The molecule has 4 nitrogen and oxygen atoms in total. The van der Waals surface area contributed by atoms with Gasteiger partial charge in [0.15, 0.2) is 0 Å². The van der Waals surface area contributed by atoms with Gasteiger partial charge < -0.3 is 5.73 Å². The molecule has 0 fully saturated rings. The molecule has 0 aliphatic rings. The molecule has 3 aromatic rings. The van der Waals surface area contributed by atoms with Gasteiger partial charge in [-0.2, -0.15) is 0 Å². The van der Waals surface area contributed by atoms with Crippen molar-refractivity contribution in [3.63, 3.8) is 0 Å². The highest BCUT2D eigenvalue weighted by molar-refractivity contribution is 7.99. The molecule has 0 unspecified atom stereocenters. The molecule has 0 bridgehead atoms. The van der Waals surface area contributed by atoms with E-state index in [1.165, 1.54) is 11.1 Å².